The van der Waals surface area contributed by atoms with Gasteiger partial charge in [-0.1, -0.05) is 41.6 Å². The molecule has 3 nitrogen and oxygen atoms in total. The van der Waals surface area contributed by atoms with E-state index in [0.717, 1.165) is 30.2 Å². The zero-order chi connectivity index (χ0) is 17.8. The average Bonchev–Trinajstić information content (AvgIpc) is 3.06. The second-order valence-electron chi connectivity index (χ2n) is 5.33. The SMILES string of the molecule is Cc1ccc(-c2csc(SCC(=O)Nc3ccc(Br)c(Br)c3)n2)cc1. The summed E-state index contributed by atoms with van der Waals surface area (Å²) >= 11 is 9.85. The summed E-state index contributed by atoms with van der Waals surface area (Å²) < 4.78 is 2.75. The van der Waals surface area contributed by atoms with Gasteiger partial charge in [-0.15, -0.1) is 11.3 Å². The predicted octanol–water partition coefficient (Wildman–Crippen LogP) is 6.37. The number of nitrogens with one attached hydrogen (secondary N) is 1. The molecule has 3 rings (SSSR count). The number of hydrogen-bond donors (Lipinski definition) is 1. The molecule has 0 aliphatic carbocycles. The standard InChI is InChI=1S/C18H14Br2N2OS2/c1-11-2-4-12(5-3-11)16-9-24-18(22-16)25-10-17(23)21-13-6-7-14(19)15(20)8-13/h2-9H,10H2,1H3,(H,21,23). The highest BCUT2D eigenvalue weighted by Crippen LogP contribution is 2.29. The molecule has 1 heterocycles. The van der Waals surface area contributed by atoms with Gasteiger partial charge in [0.1, 0.15) is 0 Å². The fraction of sp³-hybridized carbons (Fsp3) is 0.111. The molecule has 0 bridgehead atoms. The van der Waals surface area contributed by atoms with Crippen molar-refractivity contribution in [3.63, 3.8) is 0 Å². The lowest BCUT2D eigenvalue weighted by Gasteiger charge is -2.05. The van der Waals surface area contributed by atoms with Crippen LogP contribution in [0.2, 0.25) is 0 Å². The van der Waals surface area contributed by atoms with E-state index in [9.17, 15) is 4.79 Å². The van der Waals surface area contributed by atoms with Crippen molar-refractivity contribution in [2.24, 2.45) is 0 Å². The van der Waals surface area contributed by atoms with Gasteiger partial charge >= 0.3 is 0 Å². The van der Waals surface area contributed by atoms with Gasteiger partial charge in [0.2, 0.25) is 5.91 Å². The molecule has 0 radical (unpaired) electrons. The van der Waals surface area contributed by atoms with Gasteiger partial charge in [0.05, 0.1) is 11.4 Å². The summed E-state index contributed by atoms with van der Waals surface area (Å²) in [6.45, 7) is 2.06. The summed E-state index contributed by atoms with van der Waals surface area (Å²) in [5.74, 6) is 0.278. The third-order valence-corrected chi connectivity index (χ3v) is 7.26. The minimum Gasteiger partial charge on any atom is -0.325 e. The highest BCUT2D eigenvalue weighted by atomic mass is 79.9. The van der Waals surface area contributed by atoms with Crippen LogP contribution in [0.5, 0.6) is 0 Å². The summed E-state index contributed by atoms with van der Waals surface area (Å²) in [6.07, 6.45) is 0. The molecule has 2 aromatic carbocycles. The van der Waals surface area contributed by atoms with Gasteiger partial charge < -0.3 is 5.32 Å². The molecular formula is C18H14Br2N2OS2. The first kappa shape index (κ1) is 18.6. The molecule has 7 heteroatoms. The topological polar surface area (TPSA) is 42.0 Å². The van der Waals surface area contributed by atoms with E-state index in [0.29, 0.717) is 5.75 Å². The summed E-state index contributed by atoms with van der Waals surface area (Å²) in [5.41, 5.74) is 4.03. The number of halogens is 2. The molecule has 0 atom stereocenters. The van der Waals surface area contributed by atoms with E-state index >= 15 is 0 Å². The van der Waals surface area contributed by atoms with E-state index in [2.05, 4.69) is 73.3 Å². The molecule has 25 heavy (non-hydrogen) atoms. The Morgan fingerprint density at radius 1 is 1.16 bits per heavy atom. The Labute approximate surface area is 171 Å². The molecular weight excluding hydrogens is 484 g/mol. The number of carbonyl (C=O) groups is 1. The van der Waals surface area contributed by atoms with E-state index in [1.54, 1.807) is 11.3 Å². The number of anilines is 1. The van der Waals surface area contributed by atoms with Gasteiger partial charge in [-0.25, -0.2) is 4.98 Å². The first-order valence-electron chi connectivity index (χ1n) is 7.41. The molecule has 0 aliphatic rings. The third-order valence-electron chi connectivity index (χ3n) is 3.36. The summed E-state index contributed by atoms with van der Waals surface area (Å²) in [6, 6.07) is 13.9. The molecule has 1 N–H and O–H groups in total. The smallest absolute Gasteiger partial charge is 0.234 e. The molecule has 1 amide bonds. The minimum atomic E-state index is -0.0497. The molecule has 0 fully saturated rings. The zero-order valence-electron chi connectivity index (χ0n) is 13.3. The Kier molecular flexibility index (Phi) is 6.33. The van der Waals surface area contributed by atoms with Crippen LogP contribution in [0.3, 0.4) is 0 Å². The Balaban J connectivity index is 1.57. The molecule has 0 spiro atoms. The van der Waals surface area contributed by atoms with E-state index in [1.165, 1.54) is 17.3 Å². The fourth-order valence-corrected chi connectivity index (χ4v) is 4.34. The van der Waals surface area contributed by atoms with Gasteiger partial charge in [-0.2, -0.15) is 0 Å². The predicted molar refractivity (Wildman–Crippen MR) is 113 cm³/mol. The second-order valence-corrected chi connectivity index (χ2v) is 9.12. The molecule has 1 aromatic heterocycles. The average molecular weight is 498 g/mol. The fourth-order valence-electron chi connectivity index (χ4n) is 2.08. The van der Waals surface area contributed by atoms with Crippen molar-refractivity contribution in [3.05, 3.63) is 62.4 Å². The Morgan fingerprint density at radius 3 is 2.64 bits per heavy atom. The second kappa shape index (κ2) is 8.49. The first-order valence-corrected chi connectivity index (χ1v) is 10.9. The van der Waals surface area contributed by atoms with E-state index in [4.69, 9.17) is 0 Å². The van der Waals surface area contributed by atoms with Crippen molar-refractivity contribution in [3.8, 4) is 11.3 Å². The number of hydrogen-bond acceptors (Lipinski definition) is 4. The molecule has 3 aromatic rings. The Bertz CT molecular complexity index is 894. The largest absolute Gasteiger partial charge is 0.325 e. The number of aryl methyl sites for hydroxylation is 1. The Morgan fingerprint density at radius 2 is 1.92 bits per heavy atom. The van der Waals surface area contributed by atoms with Gasteiger partial charge in [0, 0.05) is 25.6 Å². The quantitative estimate of drug-likeness (QED) is 0.416. The highest BCUT2D eigenvalue weighted by Gasteiger charge is 2.09. The van der Waals surface area contributed by atoms with Gasteiger partial charge in [0.25, 0.3) is 0 Å². The van der Waals surface area contributed by atoms with Gasteiger partial charge in [-0.05, 0) is 57.0 Å². The van der Waals surface area contributed by atoms with Crippen LogP contribution in [0.1, 0.15) is 5.56 Å². The molecule has 128 valence electrons. The van der Waals surface area contributed by atoms with Crippen molar-refractivity contribution in [2.75, 3.05) is 11.1 Å². The number of aromatic nitrogens is 1. The molecule has 0 saturated carbocycles. The van der Waals surface area contributed by atoms with Crippen molar-refractivity contribution >= 4 is 66.6 Å². The number of thioether (sulfide) groups is 1. The third kappa shape index (κ3) is 5.17. The molecule has 0 aliphatic heterocycles. The Hall–Kier alpha value is -1.15. The van der Waals surface area contributed by atoms with Crippen molar-refractivity contribution in [2.45, 2.75) is 11.3 Å². The van der Waals surface area contributed by atoms with Crippen LogP contribution >= 0.6 is 55.0 Å². The van der Waals surface area contributed by atoms with E-state index < -0.39 is 0 Å². The number of benzene rings is 2. The van der Waals surface area contributed by atoms with Crippen molar-refractivity contribution < 1.29 is 4.79 Å². The number of carbonyl (C=O) groups excluding carboxylic acids is 1. The lowest BCUT2D eigenvalue weighted by atomic mass is 10.1. The van der Waals surface area contributed by atoms with Crippen LogP contribution < -0.4 is 5.32 Å². The van der Waals surface area contributed by atoms with Crippen LogP contribution in [0.4, 0.5) is 5.69 Å². The van der Waals surface area contributed by atoms with Crippen LogP contribution in [0, 0.1) is 6.92 Å². The lowest BCUT2D eigenvalue weighted by Crippen LogP contribution is -2.13. The minimum absolute atomic E-state index is 0.0497. The molecule has 0 saturated heterocycles. The highest BCUT2D eigenvalue weighted by molar-refractivity contribution is 9.13. The normalized spacial score (nSPS) is 10.7. The monoisotopic (exact) mass is 496 g/mol. The molecule has 0 unspecified atom stereocenters. The van der Waals surface area contributed by atoms with Crippen LogP contribution in [-0.4, -0.2) is 16.6 Å². The van der Waals surface area contributed by atoms with Crippen molar-refractivity contribution in [1.29, 1.82) is 0 Å². The van der Waals surface area contributed by atoms with Crippen LogP contribution in [0.25, 0.3) is 11.3 Å². The maximum atomic E-state index is 12.1. The van der Waals surface area contributed by atoms with Gasteiger partial charge in [0.15, 0.2) is 4.34 Å². The maximum Gasteiger partial charge on any atom is 0.234 e. The number of rotatable bonds is 5. The van der Waals surface area contributed by atoms with Crippen LogP contribution in [-0.2, 0) is 4.79 Å². The number of nitrogens with zero attached hydrogens (tertiary/aromatic N) is 1. The lowest BCUT2D eigenvalue weighted by molar-refractivity contribution is -0.113. The van der Waals surface area contributed by atoms with E-state index in [1.807, 2.05) is 23.6 Å². The maximum absolute atomic E-state index is 12.1. The van der Waals surface area contributed by atoms with Crippen molar-refractivity contribution in [1.82, 2.24) is 4.98 Å². The first-order chi connectivity index (χ1) is 12.0. The number of amides is 1. The zero-order valence-corrected chi connectivity index (χ0v) is 18.1. The van der Waals surface area contributed by atoms with Crippen LogP contribution in [0.15, 0.2) is 61.1 Å². The number of thiazole rings is 1. The van der Waals surface area contributed by atoms with Gasteiger partial charge in [-0.3, -0.25) is 4.79 Å². The summed E-state index contributed by atoms with van der Waals surface area (Å²) in [4.78, 5) is 16.7. The van der Waals surface area contributed by atoms with E-state index in [-0.39, 0.29) is 5.91 Å². The summed E-state index contributed by atoms with van der Waals surface area (Å²) in [7, 11) is 0. The summed E-state index contributed by atoms with van der Waals surface area (Å²) in [5, 5.41) is 4.92.